The number of piperidine rings is 1. The number of hydrogen-bond acceptors (Lipinski definition) is 7. The Morgan fingerprint density at radius 1 is 1.15 bits per heavy atom. The lowest BCUT2D eigenvalue weighted by molar-refractivity contribution is -0.141. The van der Waals surface area contributed by atoms with Crippen LogP contribution in [0.3, 0.4) is 0 Å². The van der Waals surface area contributed by atoms with Gasteiger partial charge in [-0.05, 0) is 49.6 Å². The van der Waals surface area contributed by atoms with E-state index < -0.39 is 0 Å². The Hall–Kier alpha value is -2.39. The minimum absolute atomic E-state index is 0.0309. The summed E-state index contributed by atoms with van der Waals surface area (Å²) in [5, 5.41) is 4.14. The zero-order chi connectivity index (χ0) is 23.6. The number of nitrogens with one attached hydrogen (secondary N) is 1. The molecular formula is C25H26ClN5O2S. The van der Waals surface area contributed by atoms with Gasteiger partial charge in [0.25, 0.3) is 0 Å². The van der Waals surface area contributed by atoms with E-state index in [0.717, 1.165) is 64.5 Å². The molecule has 3 fully saturated rings. The summed E-state index contributed by atoms with van der Waals surface area (Å²) >= 11 is 8.07. The predicted octanol–water partition coefficient (Wildman–Crippen LogP) is 3.62. The number of thiophene rings is 1. The zero-order valence-electron chi connectivity index (χ0n) is 19.2. The van der Waals surface area contributed by atoms with Gasteiger partial charge in [0.15, 0.2) is 0 Å². The van der Waals surface area contributed by atoms with Crippen molar-refractivity contribution in [2.75, 3.05) is 19.6 Å². The van der Waals surface area contributed by atoms with E-state index in [1.165, 1.54) is 10.5 Å². The molecule has 3 atom stereocenters. The van der Waals surface area contributed by atoms with Crippen LogP contribution in [0.2, 0.25) is 5.02 Å². The van der Waals surface area contributed by atoms with Gasteiger partial charge in [0.05, 0.1) is 34.3 Å². The number of aryl methyl sites for hydroxylation is 1. The molecule has 34 heavy (non-hydrogen) atoms. The molecule has 0 radical (unpaired) electrons. The fourth-order valence-corrected chi connectivity index (χ4v) is 6.63. The summed E-state index contributed by atoms with van der Waals surface area (Å²) in [5.74, 6) is -0.225. The van der Waals surface area contributed by atoms with Crippen molar-refractivity contribution in [2.24, 2.45) is 11.8 Å². The summed E-state index contributed by atoms with van der Waals surface area (Å²) in [5.41, 5.74) is 5.06. The molecule has 1 saturated carbocycles. The number of benzene rings is 1. The van der Waals surface area contributed by atoms with Gasteiger partial charge in [0.2, 0.25) is 11.8 Å². The Kier molecular flexibility index (Phi) is 5.44. The number of aromatic nitrogens is 2. The lowest BCUT2D eigenvalue weighted by Crippen LogP contribution is -2.49. The highest BCUT2D eigenvalue weighted by molar-refractivity contribution is 7.19. The number of nitrogens with zero attached hydrogens (tertiary/aromatic N) is 4. The van der Waals surface area contributed by atoms with Gasteiger partial charge in [-0.25, -0.2) is 9.97 Å². The smallest absolute Gasteiger partial charge is 0.233 e. The molecule has 1 aromatic carbocycles. The highest BCUT2D eigenvalue weighted by atomic mass is 35.5. The van der Waals surface area contributed by atoms with Gasteiger partial charge in [0.1, 0.15) is 6.33 Å². The zero-order valence-corrected chi connectivity index (χ0v) is 20.7. The molecule has 3 aromatic rings. The van der Waals surface area contributed by atoms with Gasteiger partial charge >= 0.3 is 0 Å². The molecule has 176 valence electrons. The number of carbonyl (C=O) groups excluding carboxylic acids is 2. The number of piperazine rings is 1. The number of rotatable bonds is 5. The maximum atomic E-state index is 12.5. The first-order valence-electron chi connectivity index (χ1n) is 11.7. The van der Waals surface area contributed by atoms with E-state index in [9.17, 15) is 9.59 Å². The van der Waals surface area contributed by atoms with Gasteiger partial charge in [0, 0.05) is 47.7 Å². The molecule has 4 heterocycles. The second kappa shape index (κ2) is 8.37. The molecule has 6 rings (SSSR count). The van der Waals surface area contributed by atoms with Crippen molar-refractivity contribution in [1.82, 2.24) is 25.1 Å². The van der Waals surface area contributed by atoms with Crippen LogP contribution in [0.4, 0.5) is 0 Å². The maximum absolute atomic E-state index is 12.5. The minimum Gasteiger partial charge on any atom is -0.314 e. The fourth-order valence-electron chi connectivity index (χ4n) is 5.25. The summed E-state index contributed by atoms with van der Waals surface area (Å²) in [6.45, 7) is 8.43. The molecule has 2 aliphatic heterocycles. The molecule has 2 amide bonds. The number of likely N-dealkylation sites (tertiary alicyclic amines) is 1. The van der Waals surface area contributed by atoms with Crippen molar-refractivity contribution in [2.45, 2.75) is 39.4 Å². The van der Waals surface area contributed by atoms with Crippen molar-refractivity contribution in [3.8, 4) is 11.3 Å². The molecule has 0 bridgehead atoms. The third-order valence-electron chi connectivity index (χ3n) is 7.33. The van der Waals surface area contributed by atoms with Gasteiger partial charge in [-0.15, -0.1) is 11.3 Å². The van der Waals surface area contributed by atoms with E-state index in [1.807, 2.05) is 18.2 Å². The SMILES string of the molecule is Cc1cc(Cl)cc(-c2ncnc3cc(CN4C(=O)C5CC5C4=O)sc23)c1CN1CCNCC1C. The van der Waals surface area contributed by atoms with Crippen LogP contribution in [0.25, 0.3) is 21.5 Å². The molecular weight excluding hydrogens is 470 g/mol. The Balaban J connectivity index is 1.38. The average molecular weight is 496 g/mol. The predicted molar refractivity (Wildman–Crippen MR) is 132 cm³/mol. The fraction of sp³-hybridized carbons (Fsp3) is 0.440. The van der Waals surface area contributed by atoms with Crippen LogP contribution < -0.4 is 5.32 Å². The van der Waals surface area contributed by atoms with Crippen LogP contribution in [0.5, 0.6) is 0 Å². The highest BCUT2D eigenvalue weighted by Gasteiger charge is 2.58. The number of imide groups is 1. The van der Waals surface area contributed by atoms with Crippen LogP contribution >= 0.6 is 22.9 Å². The number of amides is 2. The topological polar surface area (TPSA) is 78.4 Å². The Morgan fingerprint density at radius 3 is 2.71 bits per heavy atom. The van der Waals surface area contributed by atoms with Gasteiger partial charge in [-0.1, -0.05) is 11.6 Å². The van der Waals surface area contributed by atoms with E-state index in [1.54, 1.807) is 17.7 Å². The first kappa shape index (κ1) is 22.1. The highest BCUT2D eigenvalue weighted by Crippen LogP contribution is 2.48. The van der Waals surface area contributed by atoms with E-state index in [0.29, 0.717) is 17.6 Å². The molecule has 3 aliphatic rings. The van der Waals surface area contributed by atoms with Crippen molar-refractivity contribution >= 4 is 45.0 Å². The summed E-state index contributed by atoms with van der Waals surface area (Å²) < 4.78 is 0.957. The van der Waals surface area contributed by atoms with Crippen LogP contribution in [-0.4, -0.2) is 57.3 Å². The largest absolute Gasteiger partial charge is 0.314 e. The first-order chi connectivity index (χ1) is 16.4. The molecule has 2 aromatic heterocycles. The van der Waals surface area contributed by atoms with Crippen molar-refractivity contribution in [3.05, 3.63) is 45.6 Å². The third-order valence-corrected chi connectivity index (χ3v) is 8.66. The van der Waals surface area contributed by atoms with E-state index in [4.69, 9.17) is 11.6 Å². The number of carbonyl (C=O) groups is 2. The Labute approximate surface area is 207 Å². The van der Waals surface area contributed by atoms with Gasteiger partial charge < -0.3 is 5.32 Å². The van der Waals surface area contributed by atoms with Crippen LogP contribution in [0, 0.1) is 18.8 Å². The number of hydrogen-bond donors (Lipinski definition) is 1. The molecule has 7 nitrogen and oxygen atoms in total. The van der Waals surface area contributed by atoms with Gasteiger partial charge in [-0.2, -0.15) is 0 Å². The average Bonchev–Trinajstić information content (AvgIpc) is 3.45. The quantitative estimate of drug-likeness (QED) is 0.545. The van der Waals surface area contributed by atoms with Crippen LogP contribution in [0.1, 0.15) is 29.3 Å². The van der Waals surface area contributed by atoms with E-state index in [-0.39, 0.29) is 23.7 Å². The summed E-state index contributed by atoms with van der Waals surface area (Å²) in [6, 6.07) is 6.43. The lowest BCUT2D eigenvalue weighted by Gasteiger charge is -2.34. The van der Waals surface area contributed by atoms with Gasteiger partial charge in [-0.3, -0.25) is 19.4 Å². The summed E-state index contributed by atoms with van der Waals surface area (Å²) in [6.07, 6.45) is 2.31. The van der Waals surface area contributed by atoms with Crippen LogP contribution in [0.15, 0.2) is 24.5 Å². The molecule has 2 saturated heterocycles. The number of halogens is 1. The molecule has 1 N–H and O–H groups in total. The Morgan fingerprint density at radius 2 is 1.94 bits per heavy atom. The normalized spacial score (nSPS) is 24.8. The second-order valence-corrected chi connectivity index (χ2v) is 11.2. The molecule has 9 heteroatoms. The third kappa shape index (κ3) is 3.73. The minimum atomic E-state index is -0.0818. The first-order valence-corrected chi connectivity index (χ1v) is 12.9. The van der Waals surface area contributed by atoms with Crippen molar-refractivity contribution < 1.29 is 9.59 Å². The molecule has 1 aliphatic carbocycles. The van der Waals surface area contributed by atoms with Crippen molar-refractivity contribution in [1.29, 1.82) is 0 Å². The second-order valence-electron chi connectivity index (χ2n) is 9.63. The monoisotopic (exact) mass is 495 g/mol. The molecule has 0 spiro atoms. The maximum Gasteiger partial charge on any atom is 0.233 e. The van der Waals surface area contributed by atoms with E-state index in [2.05, 4.69) is 34.0 Å². The van der Waals surface area contributed by atoms with Crippen LogP contribution in [-0.2, 0) is 22.7 Å². The Bertz CT molecular complexity index is 1300. The van der Waals surface area contributed by atoms with Crippen molar-refractivity contribution in [3.63, 3.8) is 0 Å². The standard InChI is InChI=1S/C25H26ClN5O2S/c1-13-5-15(26)6-17(20(13)11-30-4-3-27-9-14(30)2)22-23-21(28-12-29-22)7-16(34-23)10-31-24(32)18-8-19(18)25(31)33/h5-7,12,14,18-19,27H,3-4,8-11H2,1-2H3. The number of fused-ring (bicyclic) bond motifs is 2. The lowest BCUT2D eigenvalue weighted by atomic mass is 9.97. The molecule has 3 unspecified atom stereocenters. The van der Waals surface area contributed by atoms with E-state index >= 15 is 0 Å². The summed E-state index contributed by atoms with van der Waals surface area (Å²) in [7, 11) is 0. The summed E-state index contributed by atoms with van der Waals surface area (Å²) in [4.78, 5) is 38.9.